The van der Waals surface area contributed by atoms with Gasteiger partial charge in [0.25, 0.3) is 5.91 Å². The molecule has 3 rings (SSSR count). The van der Waals surface area contributed by atoms with E-state index in [-0.39, 0.29) is 24.4 Å². The molecule has 37 heavy (non-hydrogen) atoms. The molecule has 1 aromatic rings. The number of nitriles is 1. The lowest BCUT2D eigenvalue weighted by Gasteiger charge is -2.42. The number of ether oxygens (including phenoxy) is 1. The molecule has 2 aliphatic rings. The SMILES string of the molecule is CN1CCN(C(C)(C)/C=C(\C#N)C(=O)N2CCC[C@H](OC(=O)N[C@@H](Cc3ccccc3)B(O)O)C2)CC1. The first kappa shape index (κ1) is 28.7. The summed E-state index contributed by atoms with van der Waals surface area (Å²) in [5.74, 6) is -1.31. The number of piperidine rings is 1. The number of amides is 2. The third-order valence-corrected chi connectivity index (χ3v) is 7.07. The van der Waals surface area contributed by atoms with Crippen molar-refractivity contribution in [1.29, 1.82) is 5.26 Å². The molecule has 0 saturated carbocycles. The van der Waals surface area contributed by atoms with Crippen LogP contribution in [0.1, 0.15) is 32.3 Å². The Morgan fingerprint density at radius 3 is 2.51 bits per heavy atom. The summed E-state index contributed by atoms with van der Waals surface area (Å²) in [6, 6.07) is 11.3. The summed E-state index contributed by atoms with van der Waals surface area (Å²) in [5, 5.41) is 31.7. The normalized spacial score (nSPS) is 20.6. The second-order valence-corrected chi connectivity index (χ2v) is 10.4. The van der Waals surface area contributed by atoms with Crippen LogP contribution in [0.3, 0.4) is 0 Å². The zero-order chi connectivity index (χ0) is 27.0. The molecule has 11 heteroatoms. The van der Waals surface area contributed by atoms with Gasteiger partial charge in [-0.3, -0.25) is 9.69 Å². The van der Waals surface area contributed by atoms with E-state index in [4.69, 9.17) is 4.74 Å². The van der Waals surface area contributed by atoms with Crippen molar-refractivity contribution >= 4 is 19.1 Å². The number of carbonyl (C=O) groups excluding carboxylic acids is 2. The Morgan fingerprint density at radius 2 is 1.89 bits per heavy atom. The molecular formula is C26H38BN5O5. The van der Waals surface area contributed by atoms with Crippen LogP contribution in [0.2, 0.25) is 0 Å². The van der Waals surface area contributed by atoms with Gasteiger partial charge in [-0.1, -0.05) is 30.3 Å². The molecule has 2 aliphatic heterocycles. The predicted octanol–water partition coefficient (Wildman–Crippen LogP) is 0.803. The molecular weight excluding hydrogens is 473 g/mol. The summed E-state index contributed by atoms with van der Waals surface area (Å²) in [4.78, 5) is 31.8. The molecule has 3 N–H and O–H groups in total. The summed E-state index contributed by atoms with van der Waals surface area (Å²) in [7, 11) is 0.318. The molecule has 0 aliphatic carbocycles. The topological polar surface area (TPSA) is 129 Å². The van der Waals surface area contributed by atoms with Crippen molar-refractivity contribution in [2.24, 2.45) is 0 Å². The van der Waals surface area contributed by atoms with Crippen molar-refractivity contribution in [3.05, 3.63) is 47.5 Å². The molecule has 2 amide bonds. The number of likely N-dealkylation sites (N-methyl/N-ethyl adjacent to an activating group) is 1. The van der Waals surface area contributed by atoms with E-state index >= 15 is 0 Å². The molecule has 0 spiro atoms. The Bertz CT molecular complexity index is 989. The number of hydrogen-bond donors (Lipinski definition) is 3. The van der Waals surface area contributed by atoms with Crippen LogP contribution < -0.4 is 5.32 Å². The quantitative estimate of drug-likeness (QED) is 0.266. The van der Waals surface area contributed by atoms with Crippen molar-refractivity contribution in [2.45, 2.75) is 50.7 Å². The van der Waals surface area contributed by atoms with Crippen LogP contribution in [0.25, 0.3) is 0 Å². The number of nitrogens with one attached hydrogen (secondary N) is 1. The number of carbonyl (C=O) groups is 2. The largest absolute Gasteiger partial charge is 0.475 e. The number of piperazine rings is 1. The van der Waals surface area contributed by atoms with Crippen LogP contribution in [0.5, 0.6) is 0 Å². The number of hydrogen-bond acceptors (Lipinski definition) is 8. The zero-order valence-corrected chi connectivity index (χ0v) is 22.0. The highest BCUT2D eigenvalue weighted by atomic mass is 16.6. The lowest BCUT2D eigenvalue weighted by Crippen LogP contribution is -2.53. The fourth-order valence-corrected chi connectivity index (χ4v) is 4.79. The Morgan fingerprint density at radius 1 is 1.22 bits per heavy atom. The number of likely N-dealkylation sites (tertiary alicyclic amines) is 1. The number of alkyl carbamates (subject to hydrolysis) is 1. The average Bonchev–Trinajstić information content (AvgIpc) is 2.87. The first-order valence-electron chi connectivity index (χ1n) is 12.8. The lowest BCUT2D eigenvalue weighted by molar-refractivity contribution is -0.129. The number of nitrogens with zero attached hydrogens (tertiary/aromatic N) is 4. The fraction of sp³-hybridized carbons (Fsp3) is 0.577. The van der Waals surface area contributed by atoms with Gasteiger partial charge < -0.3 is 29.9 Å². The van der Waals surface area contributed by atoms with Crippen molar-refractivity contribution in [2.75, 3.05) is 46.3 Å². The maximum absolute atomic E-state index is 13.2. The van der Waals surface area contributed by atoms with Crippen LogP contribution in [0, 0.1) is 11.3 Å². The van der Waals surface area contributed by atoms with Crippen LogP contribution in [-0.2, 0) is 16.0 Å². The Hall–Kier alpha value is -2.91. The maximum atomic E-state index is 13.2. The summed E-state index contributed by atoms with van der Waals surface area (Å²) >= 11 is 0. The molecule has 2 fully saturated rings. The first-order valence-corrected chi connectivity index (χ1v) is 12.8. The van der Waals surface area contributed by atoms with E-state index in [1.165, 1.54) is 0 Å². The second-order valence-electron chi connectivity index (χ2n) is 10.4. The lowest BCUT2D eigenvalue weighted by atomic mass is 9.76. The number of rotatable bonds is 8. The van der Waals surface area contributed by atoms with Crippen molar-refractivity contribution in [3.8, 4) is 6.07 Å². The summed E-state index contributed by atoms with van der Waals surface area (Å²) in [5.41, 5.74) is 0.470. The minimum atomic E-state index is -1.76. The van der Waals surface area contributed by atoms with Gasteiger partial charge >= 0.3 is 13.2 Å². The minimum absolute atomic E-state index is 0.0837. The van der Waals surface area contributed by atoms with E-state index in [0.717, 1.165) is 31.7 Å². The molecule has 0 bridgehead atoms. The molecule has 0 unspecified atom stereocenters. The van der Waals surface area contributed by atoms with E-state index in [1.54, 1.807) is 11.0 Å². The zero-order valence-electron chi connectivity index (χ0n) is 22.0. The molecule has 2 saturated heterocycles. The van der Waals surface area contributed by atoms with E-state index in [2.05, 4.69) is 28.2 Å². The Balaban J connectivity index is 1.58. The van der Waals surface area contributed by atoms with Crippen molar-refractivity contribution < 1.29 is 24.4 Å². The molecule has 10 nitrogen and oxygen atoms in total. The standard InChI is InChI=1S/C26H38BN5O5/c1-26(2,32-14-12-30(3)13-15-32)17-21(18-28)24(33)31-11-7-10-22(19-31)37-25(34)29-23(27(35)36)16-20-8-5-4-6-9-20/h4-6,8-9,17,22-23,35-36H,7,10-16,19H2,1-3H3,(H,29,34)/b21-17+/t22-,23-/m0/s1. The van der Waals surface area contributed by atoms with Gasteiger partial charge in [0.1, 0.15) is 17.7 Å². The van der Waals surface area contributed by atoms with E-state index in [9.17, 15) is 24.9 Å². The Labute approximate surface area is 219 Å². The van der Waals surface area contributed by atoms with Gasteiger partial charge in [-0.15, -0.1) is 0 Å². The minimum Gasteiger partial charge on any atom is -0.444 e. The van der Waals surface area contributed by atoms with Gasteiger partial charge in [0.05, 0.1) is 12.5 Å². The van der Waals surface area contributed by atoms with Gasteiger partial charge in [-0.25, -0.2) is 4.79 Å². The van der Waals surface area contributed by atoms with Gasteiger partial charge in [0.15, 0.2) is 0 Å². The number of benzene rings is 1. The molecule has 2 atom stereocenters. The molecule has 200 valence electrons. The molecule has 2 heterocycles. The third kappa shape index (κ3) is 8.30. The van der Waals surface area contributed by atoms with E-state index in [0.29, 0.717) is 19.4 Å². The summed E-state index contributed by atoms with van der Waals surface area (Å²) < 4.78 is 5.53. The predicted molar refractivity (Wildman–Crippen MR) is 140 cm³/mol. The van der Waals surface area contributed by atoms with Crippen molar-refractivity contribution in [3.63, 3.8) is 0 Å². The van der Waals surface area contributed by atoms with Crippen LogP contribution in [-0.4, -0.2) is 108 Å². The molecule has 1 aromatic carbocycles. The van der Waals surface area contributed by atoms with Gasteiger partial charge in [-0.05, 0) is 51.8 Å². The monoisotopic (exact) mass is 511 g/mol. The highest BCUT2D eigenvalue weighted by Gasteiger charge is 2.33. The fourth-order valence-electron chi connectivity index (χ4n) is 4.79. The van der Waals surface area contributed by atoms with Crippen molar-refractivity contribution in [1.82, 2.24) is 20.0 Å². The maximum Gasteiger partial charge on any atom is 0.475 e. The second kappa shape index (κ2) is 13.1. The first-order chi connectivity index (χ1) is 17.6. The van der Waals surface area contributed by atoms with E-state index < -0.39 is 30.8 Å². The Kier molecular flexibility index (Phi) is 10.1. The van der Waals surface area contributed by atoms with E-state index in [1.807, 2.05) is 44.2 Å². The smallest absolute Gasteiger partial charge is 0.444 e. The van der Waals surface area contributed by atoms with Crippen LogP contribution in [0.15, 0.2) is 42.0 Å². The highest BCUT2D eigenvalue weighted by molar-refractivity contribution is 6.43. The summed E-state index contributed by atoms with van der Waals surface area (Å²) in [6.07, 6.45) is 1.83. The third-order valence-electron chi connectivity index (χ3n) is 7.07. The molecule has 0 aromatic heterocycles. The van der Waals surface area contributed by atoms with Gasteiger partial charge in [0, 0.05) is 38.3 Å². The van der Waals surface area contributed by atoms with Gasteiger partial charge in [0.2, 0.25) is 0 Å². The van der Waals surface area contributed by atoms with Gasteiger partial charge in [-0.2, -0.15) is 5.26 Å². The average molecular weight is 511 g/mol. The van der Waals surface area contributed by atoms with Crippen LogP contribution in [0.4, 0.5) is 4.79 Å². The summed E-state index contributed by atoms with van der Waals surface area (Å²) in [6.45, 7) is 8.24. The molecule has 0 radical (unpaired) electrons. The van der Waals surface area contributed by atoms with Crippen LogP contribution >= 0.6 is 0 Å². The highest BCUT2D eigenvalue weighted by Crippen LogP contribution is 2.22.